The van der Waals surface area contributed by atoms with E-state index >= 15 is 0 Å². The fourth-order valence-corrected chi connectivity index (χ4v) is 2.65. The van der Waals surface area contributed by atoms with E-state index in [-0.39, 0.29) is 5.54 Å². The van der Waals surface area contributed by atoms with Gasteiger partial charge in [-0.2, -0.15) is 0 Å². The molecule has 78 valence electrons. The molecule has 1 atom stereocenters. The molecule has 14 heavy (non-hydrogen) atoms. The van der Waals surface area contributed by atoms with Gasteiger partial charge in [0, 0.05) is 18.5 Å². The van der Waals surface area contributed by atoms with Crippen molar-refractivity contribution in [3.8, 4) is 0 Å². The predicted molar refractivity (Wildman–Crippen MR) is 58.1 cm³/mol. The van der Waals surface area contributed by atoms with E-state index in [2.05, 4.69) is 23.4 Å². The number of rotatable bonds is 1. The van der Waals surface area contributed by atoms with E-state index in [1.165, 1.54) is 5.69 Å². The number of hydrogen-bond acceptors (Lipinski definition) is 2. The smallest absolute Gasteiger partial charge is 0.177 e. The molecule has 1 saturated heterocycles. The summed E-state index contributed by atoms with van der Waals surface area (Å²) >= 11 is 5.28. The number of aryl methyl sites for hydroxylation is 1. The Bertz CT molecular complexity index is 374. The van der Waals surface area contributed by atoms with Gasteiger partial charge in [0.15, 0.2) is 4.77 Å². The first-order valence-corrected chi connectivity index (χ1v) is 5.40. The molecule has 1 aliphatic rings. The van der Waals surface area contributed by atoms with Gasteiger partial charge in [-0.25, -0.2) is 0 Å². The number of imidazole rings is 1. The zero-order valence-electron chi connectivity index (χ0n) is 8.67. The van der Waals surface area contributed by atoms with Gasteiger partial charge in [-0.3, -0.25) is 0 Å². The Morgan fingerprint density at radius 1 is 1.64 bits per heavy atom. The second kappa shape index (κ2) is 3.51. The van der Waals surface area contributed by atoms with Crippen LogP contribution in [0.4, 0.5) is 0 Å². The number of ether oxygens (including phenoxy) is 1. The van der Waals surface area contributed by atoms with Gasteiger partial charge in [-0.1, -0.05) is 0 Å². The summed E-state index contributed by atoms with van der Waals surface area (Å²) in [6.07, 6.45) is 4.21. The quantitative estimate of drug-likeness (QED) is 0.724. The Kier molecular flexibility index (Phi) is 2.49. The van der Waals surface area contributed by atoms with Gasteiger partial charge >= 0.3 is 0 Å². The third kappa shape index (κ3) is 1.53. The van der Waals surface area contributed by atoms with Crippen molar-refractivity contribution in [2.45, 2.75) is 32.2 Å². The molecule has 1 aromatic rings. The lowest BCUT2D eigenvalue weighted by Crippen LogP contribution is -2.39. The van der Waals surface area contributed by atoms with E-state index in [0.29, 0.717) is 0 Å². The molecule has 0 saturated carbocycles. The van der Waals surface area contributed by atoms with Crippen LogP contribution < -0.4 is 0 Å². The standard InChI is InChI=1S/C10H16N2OS/c1-8-6-11-9(14)12(8)10(2)4-3-5-13-7-10/h6H,3-5,7H2,1-2H3,(H,11,14). The summed E-state index contributed by atoms with van der Waals surface area (Å²) in [6, 6.07) is 0. The van der Waals surface area contributed by atoms with Gasteiger partial charge < -0.3 is 14.3 Å². The highest BCUT2D eigenvalue weighted by Crippen LogP contribution is 2.28. The first-order chi connectivity index (χ1) is 6.63. The van der Waals surface area contributed by atoms with Crippen LogP contribution in [0.25, 0.3) is 0 Å². The first kappa shape index (κ1) is 9.93. The highest BCUT2D eigenvalue weighted by molar-refractivity contribution is 7.71. The fraction of sp³-hybridized carbons (Fsp3) is 0.700. The molecule has 2 heterocycles. The van der Waals surface area contributed by atoms with Crippen LogP contribution >= 0.6 is 12.2 Å². The second-order valence-corrected chi connectivity index (χ2v) is 4.61. The van der Waals surface area contributed by atoms with Crippen LogP contribution in [0.2, 0.25) is 0 Å². The van der Waals surface area contributed by atoms with Crippen molar-refractivity contribution in [2.75, 3.05) is 13.2 Å². The molecule has 0 bridgehead atoms. The van der Waals surface area contributed by atoms with Gasteiger partial charge in [-0.05, 0) is 38.9 Å². The summed E-state index contributed by atoms with van der Waals surface area (Å²) in [5.74, 6) is 0. The monoisotopic (exact) mass is 212 g/mol. The van der Waals surface area contributed by atoms with Crippen molar-refractivity contribution in [3.05, 3.63) is 16.7 Å². The lowest BCUT2D eigenvalue weighted by atomic mass is 9.94. The molecule has 0 aliphatic carbocycles. The molecule has 0 aromatic carbocycles. The molecule has 4 heteroatoms. The van der Waals surface area contributed by atoms with Gasteiger partial charge in [0.25, 0.3) is 0 Å². The molecule has 0 spiro atoms. The molecule has 1 N–H and O–H groups in total. The molecular weight excluding hydrogens is 196 g/mol. The average molecular weight is 212 g/mol. The second-order valence-electron chi connectivity index (χ2n) is 4.22. The van der Waals surface area contributed by atoms with Crippen LogP contribution in [0.15, 0.2) is 6.20 Å². The van der Waals surface area contributed by atoms with E-state index in [1.54, 1.807) is 0 Å². The predicted octanol–water partition coefficient (Wildman–Crippen LogP) is 2.38. The number of aromatic amines is 1. The summed E-state index contributed by atoms with van der Waals surface area (Å²) in [5.41, 5.74) is 1.22. The normalized spacial score (nSPS) is 27.9. The third-order valence-electron chi connectivity index (χ3n) is 2.92. The molecule has 1 aliphatic heterocycles. The van der Waals surface area contributed by atoms with Gasteiger partial charge in [-0.15, -0.1) is 0 Å². The molecule has 1 aromatic heterocycles. The van der Waals surface area contributed by atoms with Crippen LogP contribution in [-0.2, 0) is 10.3 Å². The highest BCUT2D eigenvalue weighted by atomic mass is 32.1. The number of aromatic nitrogens is 2. The highest BCUT2D eigenvalue weighted by Gasteiger charge is 2.30. The molecular formula is C10H16N2OS. The molecule has 1 fully saturated rings. The van der Waals surface area contributed by atoms with Crippen LogP contribution in [0.5, 0.6) is 0 Å². The number of nitrogens with one attached hydrogen (secondary N) is 1. The van der Waals surface area contributed by atoms with Crippen molar-refractivity contribution in [1.29, 1.82) is 0 Å². The van der Waals surface area contributed by atoms with Crippen molar-refractivity contribution < 1.29 is 4.74 Å². The van der Waals surface area contributed by atoms with Crippen molar-refractivity contribution >= 4 is 12.2 Å². The minimum Gasteiger partial charge on any atom is -0.379 e. The maximum absolute atomic E-state index is 5.54. The van der Waals surface area contributed by atoms with Gasteiger partial charge in [0.1, 0.15) is 0 Å². The number of hydrogen-bond donors (Lipinski definition) is 1. The first-order valence-electron chi connectivity index (χ1n) is 4.99. The molecule has 0 radical (unpaired) electrons. The van der Waals surface area contributed by atoms with Gasteiger partial charge in [0.2, 0.25) is 0 Å². The summed E-state index contributed by atoms with van der Waals surface area (Å²) in [5, 5.41) is 0. The van der Waals surface area contributed by atoms with Crippen LogP contribution in [0.3, 0.4) is 0 Å². The number of nitrogens with zero attached hydrogens (tertiary/aromatic N) is 1. The minimum atomic E-state index is 0.0411. The Morgan fingerprint density at radius 2 is 2.43 bits per heavy atom. The van der Waals surface area contributed by atoms with Gasteiger partial charge in [0.05, 0.1) is 12.1 Å². The summed E-state index contributed by atoms with van der Waals surface area (Å²) in [6.45, 7) is 5.93. The van der Waals surface area contributed by atoms with E-state index in [4.69, 9.17) is 17.0 Å². The van der Waals surface area contributed by atoms with E-state index in [9.17, 15) is 0 Å². The molecule has 1 unspecified atom stereocenters. The van der Waals surface area contributed by atoms with Crippen molar-refractivity contribution in [1.82, 2.24) is 9.55 Å². The Labute approximate surface area is 89.1 Å². The Morgan fingerprint density at radius 3 is 2.93 bits per heavy atom. The Balaban J connectivity index is 2.41. The van der Waals surface area contributed by atoms with Crippen molar-refractivity contribution in [3.63, 3.8) is 0 Å². The zero-order valence-corrected chi connectivity index (χ0v) is 9.49. The Hall–Kier alpha value is -0.610. The van der Waals surface area contributed by atoms with E-state index < -0.39 is 0 Å². The lowest BCUT2D eigenvalue weighted by molar-refractivity contribution is 0.00799. The maximum Gasteiger partial charge on any atom is 0.177 e. The van der Waals surface area contributed by atoms with Crippen LogP contribution in [0.1, 0.15) is 25.5 Å². The fourth-order valence-electron chi connectivity index (χ4n) is 2.22. The summed E-state index contributed by atoms with van der Waals surface area (Å²) in [4.78, 5) is 3.08. The van der Waals surface area contributed by atoms with Crippen LogP contribution in [-0.4, -0.2) is 22.8 Å². The summed E-state index contributed by atoms with van der Waals surface area (Å²) in [7, 11) is 0. The maximum atomic E-state index is 5.54. The minimum absolute atomic E-state index is 0.0411. The third-order valence-corrected chi connectivity index (χ3v) is 3.22. The topological polar surface area (TPSA) is 29.9 Å². The number of H-pyrrole nitrogens is 1. The lowest BCUT2D eigenvalue weighted by Gasteiger charge is -2.35. The van der Waals surface area contributed by atoms with Crippen molar-refractivity contribution in [2.24, 2.45) is 0 Å². The van der Waals surface area contributed by atoms with E-state index in [1.807, 2.05) is 6.20 Å². The average Bonchev–Trinajstić information content (AvgIpc) is 2.48. The molecule has 3 nitrogen and oxygen atoms in total. The SMILES string of the molecule is Cc1c[nH]c(=S)n1C1(C)CCCOC1. The molecule has 0 amide bonds. The van der Waals surface area contributed by atoms with Crippen LogP contribution in [0, 0.1) is 11.7 Å². The zero-order chi connectivity index (χ0) is 10.2. The molecule has 2 rings (SSSR count). The largest absolute Gasteiger partial charge is 0.379 e. The van der Waals surface area contributed by atoms with E-state index in [0.717, 1.165) is 30.8 Å². The summed E-state index contributed by atoms with van der Waals surface area (Å²) < 4.78 is 8.52.